The smallest absolute Gasteiger partial charge is 0.293 e. The number of halogens is 3. The number of methoxy groups -OCH3 is 1. The second-order valence-corrected chi connectivity index (χ2v) is 9.59. The number of thioether (sulfide) groups is 1. The number of nitrogens with one attached hydrogen (secondary N) is 1. The number of rotatable bonds is 8. The molecule has 0 atom stereocenters. The molecule has 0 aromatic heterocycles. The van der Waals surface area contributed by atoms with Gasteiger partial charge in [0.05, 0.1) is 18.6 Å². The lowest BCUT2D eigenvalue weighted by molar-refractivity contribution is -0.123. The second-order valence-electron chi connectivity index (χ2n) is 7.76. The van der Waals surface area contributed by atoms with Crippen LogP contribution in [0.2, 0.25) is 10.0 Å². The Balaban J connectivity index is 1.42. The van der Waals surface area contributed by atoms with Crippen molar-refractivity contribution in [2.24, 2.45) is 0 Å². The third-order valence-corrected chi connectivity index (χ3v) is 6.70. The fourth-order valence-electron chi connectivity index (χ4n) is 3.37. The molecule has 0 aliphatic carbocycles. The molecule has 0 spiro atoms. The van der Waals surface area contributed by atoms with Crippen LogP contribution in [0.25, 0.3) is 6.08 Å². The van der Waals surface area contributed by atoms with E-state index in [9.17, 15) is 18.8 Å². The Morgan fingerprint density at radius 1 is 1.05 bits per heavy atom. The van der Waals surface area contributed by atoms with Crippen LogP contribution in [0.15, 0.2) is 65.6 Å². The van der Waals surface area contributed by atoms with Crippen LogP contribution in [-0.4, -0.2) is 35.7 Å². The van der Waals surface area contributed by atoms with Crippen LogP contribution in [0, 0.1) is 5.82 Å². The zero-order valence-electron chi connectivity index (χ0n) is 19.3. The quantitative estimate of drug-likeness (QED) is 0.321. The Morgan fingerprint density at radius 3 is 2.51 bits per heavy atom. The highest BCUT2D eigenvalue weighted by atomic mass is 35.5. The molecule has 37 heavy (non-hydrogen) atoms. The van der Waals surface area contributed by atoms with Crippen molar-refractivity contribution < 1.29 is 28.2 Å². The van der Waals surface area contributed by atoms with Gasteiger partial charge in [-0.2, -0.15) is 0 Å². The number of nitrogens with zero attached hydrogens (tertiary/aromatic N) is 1. The molecule has 1 heterocycles. The molecule has 4 rings (SSSR count). The molecule has 0 radical (unpaired) electrons. The molecule has 0 saturated carbocycles. The van der Waals surface area contributed by atoms with Gasteiger partial charge < -0.3 is 14.8 Å². The number of hydrogen-bond acceptors (Lipinski definition) is 6. The Hall–Kier alpha value is -3.53. The van der Waals surface area contributed by atoms with Gasteiger partial charge in [0.2, 0.25) is 0 Å². The summed E-state index contributed by atoms with van der Waals surface area (Å²) < 4.78 is 24.3. The third kappa shape index (κ3) is 6.62. The molecule has 3 aromatic carbocycles. The van der Waals surface area contributed by atoms with Crippen molar-refractivity contribution in [2.75, 3.05) is 19.0 Å². The summed E-state index contributed by atoms with van der Waals surface area (Å²) >= 11 is 12.7. The largest absolute Gasteiger partial charge is 0.493 e. The molecule has 11 heteroatoms. The maximum Gasteiger partial charge on any atom is 0.293 e. The number of anilines is 1. The SMILES string of the molecule is COc1cc(/C=C2\SC(=O)N(Cc3ccc(F)cc3Cl)C2=O)ccc1OCC(=O)Nc1ccc(Cl)cc1. The third-order valence-electron chi connectivity index (χ3n) is 5.19. The lowest BCUT2D eigenvalue weighted by Crippen LogP contribution is -2.27. The van der Waals surface area contributed by atoms with Gasteiger partial charge >= 0.3 is 0 Å². The van der Waals surface area contributed by atoms with Gasteiger partial charge in [0.1, 0.15) is 5.82 Å². The molecule has 1 N–H and O–H groups in total. The van der Waals surface area contributed by atoms with E-state index in [1.807, 2.05) is 0 Å². The van der Waals surface area contributed by atoms with E-state index in [0.717, 1.165) is 22.7 Å². The van der Waals surface area contributed by atoms with Gasteiger partial charge in [0, 0.05) is 15.7 Å². The molecule has 3 amide bonds. The van der Waals surface area contributed by atoms with Gasteiger partial charge in [-0.25, -0.2) is 4.39 Å². The van der Waals surface area contributed by atoms with Crippen molar-refractivity contribution in [2.45, 2.75) is 6.54 Å². The highest BCUT2D eigenvalue weighted by Crippen LogP contribution is 2.36. The molecular weight excluding hydrogens is 542 g/mol. The average Bonchev–Trinajstić information content (AvgIpc) is 3.13. The van der Waals surface area contributed by atoms with Gasteiger partial charge in [0.25, 0.3) is 17.1 Å². The Labute approximate surface area is 226 Å². The lowest BCUT2D eigenvalue weighted by atomic mass is 10.1. The molecular formula is C26H19Cl2FN2O5S. The highest BCUT2D eigenvalue weighted by Gasteiger charge is 2.35. The van der Waals surface area contributed by atoms with Crippen molar-refractivity contribution in [3.63, 3.8) is 0 Å². The number of carbonyl (C=O) groups excluding carboxylic acids is 3. The average molecular weight is 561 g/mol. The number of benzene rings is 3. The van der Waals surface area contributed by atoms with Crippen molar-refractivity contribution in [1.82, 2.24) is 4.90 Å². The first-order valence-corrected chi connectivity index (χ1v) is 12.4. The van der Waals surface area contributed by atoms with E-state index in [2.05, 4.69) is 5.32 Å². The second kappa shape index (κ2) is 11.7. The number of amides is 3. The summed E-state index contributed by atoms with van der Waals surface area (Å²) in [7, 11) is 1.44. The number of hydrogen-bond donors (Lipinski definition) is 1. The minimum absolute atomic E-state index is 0.0741. The van der Waals surface area contributed by atoms with Crippen LogP contribution < -0.4 is 14.8 Å². The lowest BCUT2D eigenvalue weighted by Gasteiger charge is -2.13. The standard InChI is InChI=1S/C26H19Cl2FN2O5S/c1-35-22-10-15(2-9-21(22)36-14-24(32)30-19-7-4-17(27)5-8-19)11-23-25(33)31(26(34)37-23)13-16-3-6-18(29)12-20(16)28/h2-12H,13-14H2,1H3,(H,30,32)/b23-11-. The number of ether oxygens (including phenoxy) is 2. The summed E-state index contributed by atoms with van der Waals surface area (Å²) in [5, 5.41) is 2.92. The first-order valence-electron chi connectivity index (χ1n) is 10.8. The van der Waals surface area contributed by atoms with Gasteiger partial charge in [-0.15, -0.1) is 0 Å². The fraction of sp³-hybridized carbons (Fsp3) is 0.115. The summed E-state index contributed by atoms with van der Waals surface area (Å²) in [6.45, 7) is -0.335. The van der Waals surface area contributed by atoms with Gasteiger partial charge in [-0.3, -0.25) is 19.3 Å². The van der Waals surface area contributed by atoms with E-state index >= 15 is 0 Å². The van der Waals surface area contributed by atoms with Crippen molar-refractivity contribution in [3.05, 3.63) is 92.6 Å². The van der Waals surface area contributed by atoms with Gasteiger partial charge in [0.15, 0.2) is 18.1 Å². The minimum atomic E-state index is -0.508. The van der Waals surface area contributed by atoms with Crippen LogP contribution in [0.4, 0.5) is 14.9 Å². The van der Waals surface area contributed by atoms with Gasteiger partial charge in [-0.1, -0.05) is 35.3 Å². The van der Waals surface area contributed by atoms with Crippen LogP contribution in [0.1, 0.15) is 11.1 Å². The molecule has 0 unspecified atom stereocenters. The number of carbonyl (C=O) groups is 3. The van der Waals surface area contributed by atoms with Crippen molar-refractivity contribution in [3.8, 4) is 11.5 Å². The summed E-state index contributed by atoms with van der Waals surface area (Å²) in [5.74, 6) is -0.710. The minimum Gasteiger partial charge on any atom is -0.493 e. The van der Waals surface area contributed by atoms with Crippen LogP contribution in [0.3, 0.4) is 0 Å². The van der Waals surface area contributed by atoms with Crippen molar-refractivity contribution >= 4 is 63.8 Å². The van der Waals surface area contributed by atoms with E-state index < -0.39 is 17.0 Å². The predicted molar refractivity (Wildman–Crippen MR) is 141 cm³/mol. The van der Waals surface area contributed by atoms with Crippen molar-refractivity contribution in [1.29, 1.82) is 0 Å². The van der Waals surface area contributed by atoms with E-state index in [0.29, 0.717) is 33.3 Å². The fourth-order valence-corrected chi connectivity index (χ4v) is 4.57. The Morgan fingerprint density at radius 2 is 1.81 bits per heavy atom. The molecule has 1 aliphatic rings. The molecule has 0 bridgehead atoms. The summed E-state index contributed by atoms with van der Waals surface area (Å²) in [6.07, 6.45) is 1.55. The van der Waals surface area contributed by atoms with Crippen LogP contribution in [0.5, 0.6) is 11.5 Å². The first-order chi connectivity index (χ1) is 17.7. The van der Waals surface area contributed by atoms with E-state index in [1.54, 1.807) is 48.5 Å². The maximum absolute atomic E-state index is 13.3. The maximum atomic E-state index is 13.3. The van der Waals surface area contributed by atoms with E-state index in [4.69, 9.17) is 32.7 Å². The van der Waals surface area contributed by atoms with E-state index in [1.165, 1.54) is 19.2 Å². The molecule has 7 nitrogen and oxygen atoms in total. The van der Waals surface area contributed by atoms with E-state index in [-0.39, 0.29) is 29.0 Å². The Kier molecular flexibility index (Phi) is 8.38. The molecule has 1 aliphatic heterocycles. The molecule has 1 fully saturated rings. The Bertz CT molecular complexity index is 1400. The summed E-state index contributed by atoms with van der Waals surface area (Å²) in [5.41, 5.74) is 1.62. The zero-order valence-corrected chi connectivity index (χ0v) is 21.6. The summed E-state index contributed by atoms with van der Waals surface area (Å²) in [4.78, 5) is 38.8. The highest BCUT2D eigenvalue weighted by molar-refractivity contribution is 8.18. The monoisotopic (exact) mass is 560 g/mol. The zero-order chi connectivity index (χ0) is 26.5. The van der Waals surface area contributed by atoms with Crippen LogP contribution in [-0.2, 0) is 16.1 Å². The summed E-state index contributed by atoms with van der Waals surface area (Å²) in [6, 6.07) is 15.3. The molecule has 1 saturated heterocycles. The van der Waals surface area contributed by atoms with Gasteiger partial charge in [-0.05, 0) is 77.5 Å². The van der Waals surface area contributed by atoms with Crippen LogP contribution >= 0.6 is 35.0 Å². The predicted octanol–water partition coefficient (Wildman–Crippen LogP) is 6.40. The first kappa shape index (κ1) is 26.5. The molecule has 3 aromatic rings. The number of imide groups is 1. The molecule has 190 valence electrons. The normalized spacial score (nSPS) is 14.3. The topological polar surface area (TPSA) is 84.9 Å².